The molecule has 4 N–H and O–H groups in total. The third kappa shape index (κ3) is 3.96. The Hall–Kier alpha value is -0.600. The molecule has 0 bridgehead atoms. The van der Waals surface area contributed by atoms with Gasteiger partial charge in [-0.2, -0.15) is 0 Å². The van der Waals surface area contributed by atoms with Crippen LogP contribution in [-0.2, 0) is 11.4 Å². The average Bonchev–Trinajstić information content (AvgIpc) is 2.75. The first-order valence-corrected chi connectivity index (χ1v) is 7.49. The molecule has 0 amide bonds. The Labute approximate surface area is 114 Å². The van der Waals surface area contributed by atoms with Crippen LogP contribution < -0.4 is 10.2 Å². The van der Waals surface area contributed by atoms with Crippen molar-refractivity contribution >= 4 is 28.5 Å². The van der Waals surface area contributed by atoms with Crippen molar-refractivity contribution in [1.82, 2.24) is 10.2 Å². The standard InChI is InChI=1S/C11H19N3O2S2/c1-7(14-18(16)11(2,3)4)8-5-6-9(17-8)10(12)13-15/h5-7,14-15H,1-4H3,(H2,12,13)/t7-,18-/m1/s1. The second kappa shape index (κ2) is 6.03. The van der Waals surface area contributed by atoms with Crippen LogP contribution in [0.4, 0.5) is 0 Å². The highest BCUT2D eigenvalue weighted by atomic mass is 32.2. The molecular formula is C11H19N3O2S2. The Kier molecular flexibility index (Phi) is 5.18. The predicted octanol–water partition coefficient (Wildman–Crippen LogP) is 2.17. The van der Waals surface area contributed by atoms with E-state index in [4.69, 9.17) is 10.6 Å². The van der Waals surface area contributed by atoms with Crippen molar-refractivity contribution in [2.24, 2.45) is 0 Å². The number of hydroxylamine groups is 1. The molecule has 1 rings (SSSR count). The molecule has 0 spiro atoms. The van der Waals surface area contributed by atoms with Gasteiger partial charge in [-0.3, -0.25) is 16.1 Å². The van der Waals surface area contributed by atoms with E-state index >= 15 is 0 Å². The summed E-state index contributed by atoms with van der Waals surface area (Å²) in [6, 6.07) is 3.56. The van der Waals surface area contributed by atoms with E-state index in [0.29, 0.717) is 4.88 Å². The minimum absolute atomic E-state index is 0.0320. The molecule has 0 saturated carbocycles. The van der Waals surface area contributed by atoms with E-state index in [-0.39, 0.29) is 16.6 Å². The Balaban J connectivity index is 2.70. The van der Waals surface area contributed by atoms with Gasteiger partial charge < -0.3 is 4.55 Å². The van der Waals surface area contributed by atoms with Crippen LogP contribution in [0, 0.1) is 5.41 Å². The summed E-state index contributed by atoms with van der Waals surface area (Å²) in [6.45, 7) is 7.66. The number of hydrogen-bond donors (Lipinski definition) is 4. The first-order chi connectivity index (χ1) is 8.25. The van der Waals surface area contributed by atoms with Gasteiger partial charge in [-0.15, -0.1) is 16.1 Å². The maximum atomic E-state index is 12.0. The zero-order chi connectivity index (χ0) is 13.9. The summed E-state index contributed by atoms with van der Waals surface area (Å²) >= 11 is 0.249. The van der Waals surface area contributed by atoms with Gasteiger partial charge in [0.15, 0.2) is 5.84 Å². The van der Waals surface area contributed by atoms with E-state index in [9.17, 15) is 4.55 Å². The molecule has 1 aromatic rings. The highest BCUT2D eigenvalue weighted by Crippen LogP contribution is 2.25. The molecule has 2 atom stereocenters. The molecule has 18 heavy (non-hydrogen) atoms. The summed E-state index contributed by atoms with van der Waals surface area (Å²) in [7, 11) is 0. The topological polar surface area (TPSA) is 91.2 Å². The van der Waals surface area contributed by atoms with Gasteiger partial charge in [-0.1, -0.05) is 0 Å². The Morgan fingerprint density at radius 3 is 2.61 bits per heavy atom. The molecule has 0 saturated heterocycles. The first kappa shape index (κ1) is 15.5. The summed E-state index contributed by atoms with van der Waals surface area (Å²) in [5.41, 5.74) is 1.81. The van der Waals surface area contributed by atoms with Crippen molar-refractivity contribution in [2.75, 3.05) is 0 Å². The van der Waals surface area contributed by atoms with Gasteiger partial charge in [0.25, 0.3) is 0 Å². The van der Waals surface area contributed by atoms with Crippen molar-refractivity contribution in [3.63, 3.8) is 0 Å². The molecule has 5 nitrogen and oxygen atoms in total. The second-order valence-electron chi connectivity index (χ2n) is 4.91. The minimum atomic E-state index is -1.13. The third-order valence-electron chi connectivity index (χ3n) is 2.25. The van der Waals surface area contributed by atoms with Crippen LogP contribution in [0.25, 0.3) is 0 Å². The van der Waals surface area contributed by atoms with E-state index < -0.39 is 11.4 Å². The van der Waals surface area contributed by atoms with Gasteiger partial charge in [0.2, 0.25) is 0 Å². The number of nitrogens with one attached hydrogen (secondary N) is 3. The van der Waals surface area contributed by atoms with Crippen molar-refractivity contribution in [1.29, 1.82) is 5.41 Å². The van der Waals surface area contributed by atoms with Crippen LogP contribution in [-0.4, -0.2) is 20.3 Å². The van der Waals surface area contributed by atoms with Crippen molar-refractivity contribution in [3.05, 3.63) is 21.9 Å². The van der Waals surface area contributed by atoms with Crippen LogP contribution in [0.5, 0.6) is 0 Å². The van der Waals surface area contributed by atoms with Crippen molar-refractivity contribution in [2.45, 2.75) is 38.5 Å². The SMILES string of the molecule is C[C@@H](N[S@+]([O-])C(C)(C)C)c1ccc(C(=N)NO)s1. The monoisotopic (exact) mass is 289 g/mol. The van der Waals surface area contributed by atoms with Gasteiger partial charge in [0, 0.05) is 16.2 Å². The smallest absolute Gasteiger partial charge is 0.159 e. The lowest BCUT2D eigenvalue weighted by Gasteiger charge is -2.26. The van der Waals surface area contributed by atoms with Gasteiger partial charge in [0.05, 0.1) is 10.9 Å². The molecular weight excluding hydrogens is 270 g/mol. The summed E-state index contributed by atoms with van der Waals surface area (Å²) in [6.07, 6.45) is 0. The van der Waals surface area contributed by atoms with Crippen LogP contribution in [0.2, 0.25) is 0 Å². The molecule has 0 aliphatic heterocycles. The largest absolute Gasteiger partial charge is 0.598 e. The van der Waals surface area contributed by atoms with Gasteiger partial charge in [0.1, 0.15) is 4.75 Å². The summed E-state index contributed by atoms with van der Waals surface area (Å²) in [4.78, 5) is 1.62. The molecule has 0 unspecified atom stereocenters. The van der Waals surface area contributed by atoms with E-state index in [1.165, 1.54) is 11.3 Å². The second-order valence-corrected chi connectivity index (χ2v) is 8.02. The molecule has 0 fully saturated rings. The van der Waals surface area contributed by atoms with E-state index in [1.54, 1.807) is 6.07 Å². The number of amidine groups is 1. The summed E-state index contributed by atoms with van der Waals surface area (Å²) in [5.74, 6) is -0.0320. The maximum absolute atomic E-state index is 12.0. The number of rotatable bonds is 4. The number of hydrogen-bond acceptors (Lipinski definition) is 5. The minimum Gasteiger partial charge on any atom is -0.598 e. The summed E-state index contributed by atoms with van der Waals surface area (Å²) < 4.78 is 14.7. The fourth-order valence-electron chi connectivity index (χ4n) is 1.17. The lowest BCUT2D eigenvalue weighted by atomic mass is 10.3. The van der Waals surface area contributed by atoms with Crippen LogP contribution in [0.1, 0.15) is 43.5 Å². The fourth-order valence-corrected chi connectivity index (χ4v) is 2.96. The molecule has 0 aliphatic carbocycles. The molecule has 7 heteroatoms. The maximum Gasteiger partial charge on any atom is 0.159 e. The molecule has 0 aliphatic rings. The van der Waals surface area contributed by atoms with Crippen LogP contribution in [0.15, 0.2) is 12.1 Å². The van der Waals surface area contributed by atoms with Gasteiger partial charge in [-0.25, -0.2) is 0 Å². The van der Waals surface area contributed by atoms with E-state index in [1.807, 2.05) is 39.2 Å². The zero-order valence-corrected chi connectivity index (χ0v) is 12.5. The van der Waals surface area contributed by atoms with Crippen molar-refractivity contribution < 1.29 is 9.76 Å². The van der Waals surface area contributed by atoms with Crippen molar-refractivity contribution in [3.8, 4) is 0 Å². The first-order valence-electron chi connectivity index (χ1n) is 5.52. The lowest BCUT2D eigenvalue weighted by Crippen LogP contribution is -2.40. The molecule has 1 heterocycles. The molecule has 0 radical (unpaired) electrons. The Bertz CT molecular complexity index is 415. The normalized spacial score (nSPS) is 15.2. The Morgan fingerprint density at radius 2 is 2.11 bits per heavy atom. The molecule has 102 valence electrons. The lowest BCUT2D eigenvalue weighted by molar-refractivity contribution is 0.234. The van der Waals surface area contributed by atoms with Crippen LogP contribution in [0.3, 0.4) is 0 Å². The fraction of sp³-hybridized carbons (Fsp3) is 0.545. The van der Waals surface area contributed by atoms with Crippen LogP contribution >= 0.6 is 11.3 Å². The molecule has 0 aromatic carbocycles. The Morgan fingerprint density at radius 1 is 1.50 bits per heavy atom. The van der Waals surface area contributed by atoms with E-state index in [2.05, 4.69) is 4.72 Å². The predicted molar refractivity (Wildman–Crippen MR) is 75.5 cm³/mol. The highest BCUT2D eigenvalue weighted by molar-refractivity contribution is 7.90. The highest BCUT2D eigenvalue weighted by Gasteiger charge is 2.28. The van der Waals surface area contributed by atoms with E-state index in [0.717, 1.165) is 4.88 Å². The summed E-state index contributed by atoms with van der Waals surface area (Å²) in [5, 5.41) is 16.1. The van der Waals surface area contributed by atoms with Gasteiger partial charge in [-0.05, 0) is 39.8 Å². The average molecular weight is 289 g/mol. The number of thiophene rings is 1. The van der Waals surface area contributed by atoms with Gasteiger partial charge >= 0.3 is 0 Å². The quantitative estimate of drug-likeness (QED) is 0.296. The molecule has 1 aromatic heterocycles. The third-order valence-corrected chi connectivity index (χ3v) is 5.22. The zero-order valence-electron chi connectivity index (χ0n) is 10.9.